The van der Waals surface area contributed by atoms with Gasteiger partial charge in [-0.1, -0.05) is 0 Å². The molecule has 3 rings (SSSR count). The fraction of sp³-hybridized carbons (Fsp3) is 0.412. The maximum Gasteiger partial charge on any atom is 0.247 e. The van der Waals surface area contributed by atoms with Gasteiger partial charge in [0, 0.05) is 24.9 Å². The average molecular weight is 379 g/mol. The summed E-state index contributed by atoms with van der Waals surface area (Å²) in [5.74, 6) is 1.17. The van der Waals surface area contributed by atoms with Crippen LogP contribution < -0.4 is 14.2 Å². The first kappa shape index (κ1) is 18.4. The zero-order valence-electron chi connectivity index (χ0n) is 14.7. The van der Waals surface area contributed by atoms with Crippen LogP contribution in [-0.4, -0.2) is 56.1 Å². The molecule has 2 heterocycles. The van der Waals surface area contributed by atoms with E-state index in [1.165, 1.54) is 30.9 Å². The SMILES string of the molecule is COc1ccc(OC)c(S(=O)(=O)N2CCCC(Oc3ccncn3)C2)c1. The molecule has 0 aliphatic carbocycles. The molecule has 1 aromatic carbocycles. The normalized spacial score (nSPS) is 18.3. The first-order valence-electron chi connectivity index (χ1n) is 8.19. The molecule has 1 fully saturated rings. The predicted octanol–water partition coefficient (Wildman–Crippen LogP) is 1.73. The number of methoxy groups -OCH3 is 2. The van der Waals surface area contributed by atoms with Gasteiger partial charge in [0.1, 0.15) is 28.8 Å². The second-order valence-corrected chi connectivity index (χ2v) is 7.72. The first-order chi connectivity index (χ1) is 12.5. The summed E-state index contributed by atoms with van der Waals surface area (Å²) in [6.07, 6.45) is 4.16. The number of sulfonamides is 1. The number of benzene rings is 1. The van der Waals surface area contributed by atoms with Crippen molar-refractivity contribution in [1.82, 2.24) is 14.3 Å². The van der Waals surface area contributed by atoms with Crippen molar-refractivity contribution in [1.29, 1.82) is 0 Å². The lowest BCUT2D eigenvalue weighted by atomic mass is 10.1. The average Bonchev–Trinajstić information content (AvgIpc) is 2.68. The van der Waals surface area contributed by atoms with Gasteiger partial charge in [-0.05, 0) is 25.0 Å². The van der Waals surface area contributed by atoms with Crippen LogP contribution in [0.2, 0.25) is 0 Å². The third-order valence-electron chi connectivity index (χ3n) is 4.17. The molecule has 1 aromatic heterocycles. The maximum absolute atomic E-state index is 13.1. The Labute approximate surface area is 152 Å². The lowest BCUT2D eigenvalue weighted by molar-refractivity contribution is 0.124. The minimum absolute atomic E-state index is 0.0852. The summed E-state index contributed by atoms with van der Waals surface area (Å²) in [7, 11) is -0.814. The van der Waals surface area contributed by atoms with Gasteiger partial charge in [-0.3, -0.25) is 0 Å². The highest BCUT2D eigenvalue weighted by molar-refractivity contribution is 7.89. The summed E-state index contributed by atoms with van der Waals surface area (Å²) in [5.41, 5.74) is 0. The van der Waals surface area contributed by atoms with Crippen molar-refractivity contribution in [3.63, 3.8) is 0 Å². The Morgan fingerprint density at radius 2 is 2.04 bits per heavy atom. The lowest BCUT2D eigenvalue weighted by Gasteiger charge is -2.32. The molecule has 2 aromatic rings. The molecule has 0 radical (unpaired) electrons. The van der Waals surface area contributed by atoms with E-state index in [9.17, 15) is 8.42 Å². The molecule has 9 heteroatoms. The van der Waals surface area contributed by atoms with Crippen molar-refractivity contribution >= 4 is 10.0 Å². The molecule has 1 unspecified atom stereocenters. The molecule has 26 heavy (non-hydrogen) atoms. The molecule has 0 bridgehead atoms. The molecule has 140 valence electrons. The molecule has 1 atom stereocenters. The van der Waals surface area contributed by atoms with E-state index in [1.54, 1.807) is 24.4 Å². The third-order valence-corrected chi connectivity index (χ3v) is 6.06. The van der Waals surface area contributed by atoms with E-state index in [0.29, 0.717) is 24.6 Å². The van der Waals surface area contributed by atoms with E-state index >= 15 is 0 Å². The Balaban J connectivity index is 1.83. The summed E-state index contributed by atoms with van der Waals surface area (Å²) in [4.78, 5) is 7.96. The van der Waals surface area contributed by atoms with Crippen molar-refractivity contribution in [3.05, 3.63) is 36.8 Å². The van der Waals surface area contributed by atoms with Gasteiger partial charge in [0.25, 0.3) is 0 Å². The molecule has 0 spiro atoms. The quantitative estimate of drug-likeness (QED) is 0.755. The molecular formula is C17H21N3O5S. The summed E-state index contributed by atoms with van der Waals surface area (Å²) >= 11 is 0. The molecule has 8 nitrogen and oxygen atoms in total. The van der Waals surface area contributed by atoms with Crippen molar-refractivity contribution in [2.24, 2.45) is 0 Å². The lowest BCUT2D eigenvalue weighted by Crippen LogP contribution is -2.44. The monoisotopic (exact) mass is 379 g/mol. The fourth-order valence-electron chi connectivity index (χ4n) is 2.86. The number of hydrogen-bond acceptors (Lipinski definition) is 7. The van der Waals surface area contributed by atoms with Gasteiger partial charge in [-0.25, -0.2) is 18.4 Å². The summed E-state index contributed by atoms with van der Waals surface area (Å²) < 4.78 is 43.9. The number of rotatable bonds is 6. The summed E-state index contributed by atoms with van der Waals surface area (Å²) in [6.45, 7) is 0.666. The molecule has 0 saturated carbocycles. The predicted molar refractivity (Wildman–Crippen MR) is 94.0 cm³/mol. The van der Waals surface area contributed by atoms with Gasteiger partial charge in [-0.2, -0.15) is 4.31 Å². The third kappa shape index (κ3) is 3.88. The minimum atomic E-state index is -3.75. The van der Waals surface area contributed by atoms with Crippen LogP contribution in [0.5, 0.6) is 17.4 Å². The zero-order chi connectivity index (χ0) is 18.6. The molecule has 0 N–H and O–H groups in total. The summed E-state index contributed by atoms with van der Waals surface area (Å²) in [6, 6.07) is 6.38. The number of ether oxygens (including phenoxy) is 3. The van der Waals surface area contributed by atoms with E-state index in [1.807, 2.05) is 0 Å². The van der Waals surface area contributed by atoms with Gasteiger partial charge >= 0.3 is 0 Å². The van der Waals surface area contributed by atoms with E-state index in [2.05, 4.69) is 9.97 Å². The topological polar surface area (TPSA) is 90.9 Å². The number of nitrogens with zero attached hydrogens (tertiary/aromatic N) is 3. The summed E-state index contributed by atoms with van der Waals surface area (Å²) in [5, 5.41) is 0. The van der Waals surface area contributed by atoms with Crippen LogP contribution in [0.4, 0.5) is 0 Å². The van der Waals surface area contributed by atoms with Gasteiger partial charge < -0.3 is 14.2 Å². The highest BCUT2D eigenvalue weighted by Gasteiger charge is 2.33. The van der Waals surface area contributed by atoms with E-state index < -0.39 is 10.0 Å². The van der Waals surface area contributed by atoms with Crippen molar-refractivity contribution in [3.8, 4) is 17.4 Å². The Bertz CT molecular complexity index is 845. The number of aromatic nitrogens is 2. The van der Waals surface area contributed by atoms with Crippen LogP contribution >= 0.6 is 0 Å². The Kier molecular flexibility index (Phi) is 5.58. The Morgan fingerprint density at radius 1 is 1.19 bits per heavy atom. The standard InChI is InChI=1S/C17H21N3O5S/c1-23-13-5-6-15(24-2)16(10-13)26(21,22)20-9-3-4-14(11-20)25-17-7-8-18-12-19-17/h5-8,10,12,14H,3-4,9,11H2,1-2H3. The van der Waals surface area contributed by atoms with E-state index in [-0.39, 0.29) is 23.3 Å². The molecular weight excluding hydrogens is 358 g/mol. The molecule has 1 aliphatic heterocycles. The van der Waals surface area contributed by atoms with Gasteiger partial charge in [0.15, 0.2) is 0 Å². The minimum Gasteiger partial charge on any atom is -0.497 e. The highest BCUT2D eigenvalue weighted by atomic mass is 32.2. The van der Waals surface area contributed by atoms with Crippen molar-refractivity contribution in [2.45, 2.75) is 23.8 Å². The van der Waals surface area contributed by atoms with Crippen molar-refractivity contribution < 1.29 is 22.6 Å². The van der Waals surface area contributed by atoms with Crippen LogP contribution in [0.15, 0.2) is 41.7 Å². The van der Waals surface area contributed by atoms with Crippen LogP contribution in [0, 0.1) is 0 Å². The van der Waals surface area contributed by atoms with E-state index in [0.717, 1.165) is 6.42 Å². The second-order valence-electron chi connectivity index (χ2n) is 5.81. The van der Waals surface area contributed by atoms with Crippen LogP contribution in [-0.2, 0) is 10.0 Å². The van der Waals surface area contributed by atoms with Crippen LogP contribution in [0.1, 0.15) is 12.8 Å². The largest absolute Gasteiger partial charge is 0.497 e. The van der Waals surface area contributed by atoms with Crippen LogP contribution in [0.3, 0.4) is 0 Å². The Morgan fingerprint density at radius 3 is 2.73 bits per heavy atom. The number of piperidine rings is 1. The smallest absolute Gasteiger partial charge is 0.247 e. The maximum atomic E-state index is 13.1. The second kappa shape index (κ2) is 7.88. The first-order valence-corrected chi connectivity index (χ1v) is 9.63. The van der Waals surface area contributed by atoms with Crippen molar-refractivity contribution in [2.75, 3.05) is 27.3 Å². The van der Waals surface area contributed by atoms with Crippen LogP contribution in [0.25, 0.3) is 0 Å². The Hall–Kier alpha value is -2.39. The zero-order valence-corrected chi connectivity index (χ0v) is 15.5. The van der Waals surface area contributed by atoms with E-state index in [4.69, 9.17) is 14.2 Å². The number of hydrogen-bond donors (Lipinski definition) is 0. The molecule has 1 aliphatic rings. The fourth-order valence-corrected chi connectivity index (χ4v) is 4.54. The molecule has 0 amide bonds. The van der Waals surface area contributed by atoms with Gasteiger partial charge in [0.2, 0.25) is 15.9 Å². The molecule has 1 saturated heterocycles. The van der Waals surface area contributed by atoms with Gasteiger partial charge in [0.05, 0.1) is 20.8 Å². The highest BCUT2D eigenvalue weighted by Crippen LogP contribution is 2.32. The van der Waals surface area contributed by atoms with Gasteiger partial charge in [-0.15, -0.1) is 0 Å².